The van der Waals surface area contributed by atoms with Crippen molar-refractivity contribution in [2.75, 3.05) is 22.8 Å². The highest BCUT2D eigenvalue weighted by molar-refractivity contribution is 9.10. The third-order valence-electron chi connectivity index (χ3n) is 10.2. The topological polar surface area (TPSA) is 164 Å². The molecule has 5 rings (SSSR count). The molecule has 0 saturated carbocycles. The van der Waals surface area contributed by atoms with E-state index in [-0.39, 0.29) is 53.4 Å². The minimum Gasteiger partial charge on any atom is -0.399 e. The predicted molar refractivity (Wildman–Crippen MR) is 238 cm³/mol. The molecule has 0 spiro atoms. The molecule has 4 atom stereocenters. The first kappa shape index (κ1) is 44.7. The second-order valence-electron chi connectivity index (χ2n) is 15.0. The summed E-state index contributed by atoms with van der Waals surface area (Å²) in [5, 5.41) is 9.45. The minimum atomic E-state index is -3.85. The van der Waals surface area contributed by atoms with Gasteiger partial charge in [-0.2, -0.15) is 0 Å². The van der Waals surface area contributed by atoms with Crippen LogP contribution in [0.5, 0.6) is 0 Å². The van der Waals surface area contributed by atoms with E-state index in [1.807, 2.05) is 93.6 Å². The smallest absolute Gasteiger partial charge is 0.251 e. The Morgan fingerprint density at radius 3 is 2.14 bits per heavy atom. The number of benzene rings is 4. The first-order valence-electron chi connectivity index (χ1n) is 19.7. The van der Waals surface area contributed by atoms with Crippen molar-refractivity contribution >= 4 is 54.9 Å². The van der Waals surface area contributed by atoms with Gasteiger partial charge >= 0.3 is 0 Å². The molecule has 0 bridgehead atoms. The van der Waals surface area contributed by atoms with Gasteiger partial charge < -0.3 is 21.7 Å². The number of nitrogens with zero attached hydrogens (tertiary/aromatic N) is 2. The molecule has 11 nitrogen and oxygen atoms in total. The molecule has 0 fully saturated rings. The van der Waals surface area contributed by atoms with Gasteiger partial charge in [0.25, 0.3) is 5.91 Å². The molecule has 13 heteroatoms. The van der Waals surface area contributed by atoms with Crippen molar-refractivity contribution in [3.05, 3.63) is 159 Å². The molecule has 5 aromatic rings. The summed E-state index contributed by atoms with van der Waals surface area (Å²) in [4.78, 5) is 45.1. The molecule has 1 heterocycles. The maximum absolute atomic E-state index is 14.0. The van der Waals surface area contributed by atoms with Gasteiger partial charge in [-0.25, -0.2) is 8.42 Å². The molecule has 0 saturated heterocycles. The van der Waals surface area contributed by atoms with E-state index in [1.165, 1.54) is 16.4 Å². The summed E-state index contributed by atoms with van der Waals surface area (Å²) in [6.45, 7) is 6.14. The van der Waals surface area contributed by atoms with Gasteiger partial charge in [-0.1, -0.05) is 76.6 Å². The van der Waals surface area contributed by atoms with Crippen molar-refractivity contribution in [1.82, 2.24) is 20.9 Å². The second kappa shape index (κ2) is 21.1. The van der Waals surface area contributed by atoms with Crippen LogP contribution in [0.4, 0.5) is 11.4 Å². The number of hydrogen-bond acceptors (Lipinski definition) is 8. The highest BCUT2D eigenvalue weighted by Crippen LogP contribution is 2.27. The molecule has 0 aliphatic carbocycles. The molecule has 0 aliphatic heterocycles. The van der Waals surface area contributed by atoms with Gasteiger partial charge in [-0.15, -0.1) is 0 Å². The lowest BCUT2D eigenvalue weighted by Gasteiger charge is -2.24. The first-order chi connectivity index (χ1) is 28.2. The average molecular weight is 882 g/mol. The number of rotatable bonds is 20. The van der Waals surface area contributed by atoms with Crippen LogP contribution in [-0.2, 0) is 27.8 Å². The van der Waals surface area contributed by atoms with E-state index in [0.717, 1.165) is 39.4 Å². The van der Waals surface area contributed by atoms with Crippen LogP contribution in [0.2, 0.25) is 0 Å². The molecule has 2 amide bonds. The van der Waals surface area contributed by atoms with E-state index in [9.17, 15) is 22.8 Å². The number of ketones is 1. The summed E-state index contributed by atoms with van der Waals surface area (Å²) < 4.78 is 28.7. The van der Waals surface area contributed by atoms with E-state index in [1.54, 1.807) is 24.5 Å². The van der Waals surface area contributed by atoms with Gasteiger partial charge in [0.15, 0.2) is 5.78 Å². The van der Waals surface area contributed by atoms with Crippen LogP contribution in [-0.4, -0.2) is 49.8 Å². The van der Waals surface area contributed by atoms with Crippen molar-refractivity contribution in [1.29, 1.82) is 0 Å². The maximum Gasteiger partial charge on any atom is 0.251 e. The quantitative estimate of drug-likeness (QED) is 0.0452. The number of nitrogens with one attached hydrogen (secondary N) is 3. The number of anilines is 2. The summed E-state index contributed by atoms with van der Waals surface area (Å²) in [5.74, 6) is -0.692. The number of carbonyl (C=O) groups is 3. The fraction of sp³-hybridized carbons (Fsp3) is 0.304. The van der Waals surface area contributed by atoms with Crippen LogP contribution in [0.15, 0.2) is 126 Å². The number of nitrogens with two attached hydrogens (primary N) is 1. The number of carbonyl (C=O) groups excluding carboxylic acids is 3. The van der Waals surface area contributed by atoms with Gasteiger partial charge in [0.05, 0.1) is 36.6 Å². The van der Waals surface area contributed by atoms with Crippen molar-refractivity contribution < 1.29 is 22.8 Å². The number of pyridine rings is 1. The molecule has 0 radical (unpaired) electrons. The van der Waals surface area contributed by atoms with Crippen LogP contribution in [0.3, 0.4) is 0 Å². The van der Waals surface area contributed by atoms with Crippen LogP contribution >= 0.6 is 15.9 Å². The number of Topliss-reactive ketones (excluding diaryl/α,β-unsaturated/α-hetero) is 1. The Morgan fingerprint density at radius 2 is 1.47 bits per heavy atom. The molecule has 0 aliphatic rings. The van der Waals surface area contributed by atoms with Crippen LogP contribution in [0.25, 0.3) is 0 Å². The summed E-state index contributed by atoms with van der Waals surface area (Å²) in [6.07, 6.45) is 6.55. The number of nitrogen functional groups attached to an aromatic ring is 1. The summed E-state index contributed by atoms with van der Waals surface area (Å²) in [7, 11) is -3.85. The van der Waals surface area contributed by atoms with Crippen LogP contribution in [0.1, 0.15) is 95.1 Å². The Kier molecular flexibility index (Phi) is 16.0. The monoisotopic (exact) mass is 880 g/mol. The van der Waals surface area contributed by atoms with Crippen molar-refractivity contribution in [3.8, 4) is 0 Å². The molecule has 59 heavy (non-hydrogen) atoms. The van der Waals surface area contributed by atoms with Gasteiger partial charge in [-0.05, 0) is 123 Å². The fourth-order valence-electron chi connectivity index (χ4n) is 6.76. The Bertz CT molecular complexity index is 2280. The van der Waals surface area contributed by atoms with Crippen molar-refractivity contribution in [2.45, 2.75) is 71.1 Å². The lowest BCUT2D eigenvalue weighted by atomic mass is 9.92. The predicted octanol–water partition coefficient (Wildman–Crippen LogP) is 7.95. The molecular weight excluding hydrogens is 829 g/mol. The van der Waals surface area contributed by atoms with Crippen LogP contribution < -0.4 is 26.0 Å². The Labute approximate surface area is 356 Å². The SMILES string of the molecule is CC(NC(=O)c1cc(C(=O)CCC[C@H](CN[C@@H](C)C(=O)N[C@H](C)c2ccc(N)cc2)Cc2ccccc2)cc(N(Cc2ccc(Br)cc2)S(C)(=O)=O)c1)c1cccnc1. The normalized spacial score (nSPS) is 13.4. The maximum atomic E-state index is 14.0. The largest absolute Gasteiger partial charge is 0.399 e. The van der Waals surface area contributed by atoms with E-state index < -0.39 is 28.0 Å². The Morgan fingerprint density at radius 1 is 0.797 bits per heavy atom. The third-order valence-corrected chi connectivity index (χ3v) is 11.9. The fourth-order valence-corrected chi connectivity index (χ4v) is 7.90. The zero-order chi connectivity index (χ0) is 42.5. The van der Waals surface area contributed by atoms with E-state index in [4.69, 9.17) is 5.73 Å². The summed E-state index contributed by atoms with van der Waals surface area (Å²) >= 11 is 3.43. The Hall–Kier alpha value is -5.37. The van der Waals surface area contributed by atoms with Crippen LogP contribution in [0, 0.1) is 5.92 Å². The Balaban J connectivity index is 1.32. The van der Waals surface area contributed by atoms with E-state index in [2.05, 4.69) is 49.0 Å². The van der Waals surface area contributed by atoms with Crippen molar-refractivity contribution in [3.63, 3.8) is 0 Å². The van der Waals surface area contributed by atoms with Crippen molar-refractivity contribution in [2.24, 2.45) is 5.92 Å². The second-order valence-corrected chi connectivity index (χ2v) is 17.9. The van der Waals surface area contributed by atoms with Gasteiger partial charge in [0.1, 0.15) is 0 Å². The number of sulfonamides is 1. The molecule has 1 aromatic heterocycles. The lowest BCUT2D eigenvalue weighted by Crippen LogP contribution is -2.44. The van der Waals surface area contributed by atoms with Gasteiger partial charge in [-0.3, -0.25) is 23.7 Å². The molecular formula is C46H53BrN6O5S. The highest BCUT2D eigenvalue weighted by atomic mass is 79.9. The van der Waals surface area contributed by atoms with E-state index in [0.29, 0.717) is 25.1 Å². The first-order valence-corrected chi connectivity index (χ1v) is 22.3. The number of halogens is 1. The summed E-state index contributed by atoms with van der Waals surface area (Å²) in [6, 6.07) is 32.0. The lowest BCUT2D eigenvalue weighted by molar-refractivity contribution is -0.123. The minimum absolute atomic E-state index is 0.00179. The zero-order valence-corrected chi connectivity index (χ0v) is 36.3. The number of amides is 2. The zero-order valence-electron chi connectivity index (χ0n) is 33.9. The van der Waals surface area contributed by atoms with Gasteiger partial charge in [0.2, 0.25) is 15.9 Å². The molecule has 1 unspecified atom stereocenters. The third kappa shape index (κ3) is 13.6. The average Bonchev–Trinajstić information content (AvgIpc) is 3.22. The standard InChI is InChI=1S/C46H53BrN6O5S/c1-31(37-17-21-42(48)22-18-37)51-45(55)33(3)50-28-36(24-34-10-6-5-7-11-34)12-8-14-44(54)39-25-40(46(56)52-32(2)38-13-9-23-49-29-38)27-43(26-39)53(59(4,57)58)30-35-15-19-41(47)20-16-35/h5-7,9-11,13,15-23,25-27,29,31-33,36,50H,8,12,14,24,28,30,48H2,1-4H3,(H,51,55)(H,52,56)/t31-,32?,33+,36+/m1/s1. The van der Waals surface area contributed by atoms with Gasteiger partial charge in [0, 0.05) is 40.1 Å². The number of hydrogen-bond donors (Lipinski definition) is 4. The summed E-state index contributed by atoms with van der Waals surface area (Å²) in [5.41, 5.74) is 10.7. The highest BCUT2D eigenvalue weighted by Gasteiger charge is 2.24. The molecule has 5 N–H and O–H groups in total. The molecule has 4 aromatic carbocycles. The van der Waals surface area contributed by atoms with E-state index >= 15 is 0 Å². The molecule has 310 valence electrons. The number of aromatic nitrogens is 1.